The van der Waals surface area contributed by atoms with E-state index in [1.165, 1.54) is 12.5 Å². The van der Waals surface area contributed by atoms with Crippen LogP contribution >= 0.6 is 0 Å². The fourth-order valence-corrected chi connectivity index (χ4v) is 3.33. The van der Waals surface area contributed by atoms with E-state index in [-0.39, 0.29) is 44.4 Å². The van der Waals surface area contributed by atoms with Gasteiger partial charge in [-0.3, -0.25) is 24.0 Å². The van der Waals surface area contributed by atoms with Crippen molar-refractivity contribution in [1.29, 1.82) is 0 Å². The number of nitrogens with two attached hydrogens (primary N) is 3. The first-order chi connectivity index (χ1) is 17.3. The number of carboxylic acid groups (broad SMARTS) is 1. The van der Waals surface area contributed by atoms with Gasteiger partial charge < -0.3 is 43.2 Å². The Morgan fingerprint density at radius 1 is 0.892 bits per heavy atom. The normalized spacial score (nSPS) is 14.2. The van der Waals surface area contributed by atoms with Crippen molar-refractivity contribution >= 4 is 35.5 Å². The summed E-state index contributed by atoms with van der Waals surface area (Å²) in [7, 11) is 0. The van der Waals surface area contributed by atoms with E-state index >= 15 is 0 Å². The van der Waals surface area contributed by atoms with Gasteiger partial charge in [0.1, 0.15) is 18.1 Å². The van der Waals surface area contributed by atoms with Crippen LogP contribution in [0.4, 0.5) is 0 Å². The number of rotatable bonds is 17. The van der Waals surface area contributed by atoms with E-state index in [0.29, 0.717) is 5.69 Å². The third-order valence-corrected chi connectivity index (χ3v) is 5.28. The zero-order valence-corrected chi connectivity index (χ0v) is 20.9. The number of aromatic nitrogens is 2. The molecule has 4 unspecified atom stereocenters. The van der Waals surface area contributed by atoms with Crippen molar-refractivity contribution in [2.24, 2.45) is 23.1 Å². The highest BCUT2D eigenvalue weighted by Crippen LogP contribution is 2.09. The van der Waals surface area contributed by atoms with Crippen LogP contribution in [0.15, 0.2) is 12.5 Å². The summed E-state index contributed by atoms with van der Waals surface area (Å²) < 4.78 is 0. The number of carbonyl (C=O) groups is 6. The van der Waals surface area contributed by atoms with Crippen molar-refractivity contribution in [1.82, 2.24) is 25.9 Å². The van der Waals surface area contributed by atoms with Crippen LogP contribution < -0.4 is 33.2 Å². The lowest BCUT2D eigenvalue weighted by Gasteiger charge is -2.26. The maximum atomic E-state index is 13.1. The van der Waals surface area contributed by atoms with Crippen molar-refractivity contribution in [3.63, 3.8) is 0 Å². The Hall–Kier alpha value is -4.01. The number of hydrogen-bond donors (Lipinski definition) is 8. The van der Waals surface area contributed by atoms with Gasteiger partial charge in [0.2, 0.25) is 29.5 Å². The van der Waals surface area contributed by atoms with Gasteiger partial charge in [-0.15, -0.1) is 0 Å². The molecule has 0 aromatic carbocycles. The summed E-state index contributed by atoms with van der Waals surface area (Å²) in [4.78, 5) is 79.0. The zero-order chi connectivity index (χ0) is 28.1. The van der Waals surface area contributed by atoms with Crippen LogP contribution in [0.25, 0.3) is 0 Å². The molecule has 206 valence electrons. The molecule has 0 fully saturated rings. The SMILES string of the molecule is CC(C)CC(NC(=O)C(N)CCC(N)=O)C(=O)NC(CCC(N)=O)C(=O)NC(Cc1cnc[nH]1)C(=O)O. The van der Waals surface area contributed by atoms with Gasteiger partial charge in [0.15, 0.2) is 0 Å². The molecule has 0 radical (unpaired) electrons. The number of carboxylic acids is 1. The molecule has 37 heavy (non-hydrogen) atoms. The maximum absolute atomic E-state index is 13.1. The molecule has 0 saturated carbocycles. The fourth-order valence-electron chi connectivity index (χ4n) is 3.33. The molecule has 11 N–H and O–H groups in total. The molecular formula is C22H36N8O7. The predicted octanol–water partition coefficient (Wildman–Crippen LogP) is -2.60. The Morgan fingerprint density at radius 3 is 1.95 bits per heavy atom. The Kier molecular flexibility index (Phi) is 12.7. The van der Waals surface area contributed by atoms with Crippen molar-refractivity contribution in [3.8, 4) is 0 Å². The number of primary amides is 2. The molecule has 0 aliphatic rings. The summed E-state index contributed by atoms with van der Waals surface area (Å²) in [5.74, 6) is -5.02. The van der Waals surface area contributed by atoms with Crippen molar-refractivity contribution in [3.05, 3.63) is 18.2 Å². The van der Waals surface area contributed by atoms with Gasteiger partial charge >= 0.3 is 5.97 Å². The first-order valence-electron chi connectivity index (χ1n) is 11.7. The molecule has 15 nitrogen and oxygen atoms in total. The maximum Gasteiger partial charge on any atom is 0.326 e. The third-order valence-electron chi connectivity index (χ3n) is 5.28. The Labute approximate surface area is 213 Å². The lowest BCUT2D eigenvalue weighted by molar-refractivity contribution is -0.142. The van der Waals surface area contributed by atoms with Crippen molar-refractivity contribution in [2.45, 2.75) is 76.5 Å². The van der Waals surface area contributed by atoms with Crippen LogP contribution in [-0.4, -0.2) is 74.7 Å². The van der Waals surface area contributed by atoms with Crippen LogP contribution in [-0.2, 0) is 35.2 Å². The number of hydrogen-bond acceptors (Lipinski definition) is 8. The fraction of sp³-hybridized carbons (Fsp3) is 0.591. The summed E-state index contributed by atoms with van der Waals surface area (Å²) in [6.07, 6.45) is 2.23. The lowest BCUT2D eigenvalue weighted by Crippen LogP contribution is -2.57. The van der Waals surface area contributed by atoms with E-state index in [4.69, 9.17) is 17.2 Å². The highest BCUT2D eigenvalue weighted by atomic mass is 16.4. The van der Waals surface area contributed by atoms with Crippen LogP contribution in [0.2, 0.25) is 0 Å². The van der Waals surface area contributed by atoms with Crippen LogP contribution in [0.3, 0.4) is 0 Å². The topological polar surface area (TPSA) is 265 Å². The third kappa shape index (κ3) is 12.0. The Balaban J connectivity index is 2.99. The summed E-state index contributed by atoms with van der Waals surface area (Å²) in [5, 5.41) is 16.9. The zero-order valence-electron chi connectivity index (χ0n) is 20.9. The molecule has 4 atom stereocenters. The highest BCUT2D eigenvalue weighted by Gasteiger charge is 2.31. The van der Waals surface area contributed by atoms with Gasteiger partial charge in [0.25, 0.3) is 0 Å². The number of aromatic amines is 1. The van der Waals surface area contributed by atoms with Gasteiger partial charge in [-0.2, -0.15) is 0 Å². The van der Waals surface area contributed by atoms with Gasteiger partial charge in [-0.25, -0.2) is 9.78 Å². The second kappa shape index (κ2) is 15.2. The van der Waals surface area contributed by atoms with Gasteiger partial charge in [0, 0.05) is 31.2 Å². The molecule has 5 amide bonds. The molecule has 0 aliphatic heterocycles. The van der Waals surface area contributed by atoms with Crippen LogP contribution in [0.1, 0.15) is 51.6 Å². The molecule has 1 aromatic rings. The van der Waals surface area contributed by atoms with E-state index in [1.54, 1.807) is 0 Å². The first-order valence-corrected chi connectivity index (χ1v) is 11.7. The number of carbonyl (C=O) groups excluding carboxylic acids is 5. The molecule has 1 rings (SSSR count). The molecular weight excluding hydrogens is 488 g/mol. The quantitative estimate of drug-likeness (QED) is 0.106. The van der Waals surface area contributed by atoms with Crippen LogP contribution in [0, 0.1) is 5.92 Å². The Bertz CT molecular complexity index is 951. The largest absolute Gasteiger partial charge is 0.480 e. The number of imidazole rings is 1. The van der Waals surface area contributed by atoms with Gasteiger partial charge in [-0.1, -0.05) is 13.8 Å². The summed E-state index contributed by atoms with van der Waals surface area (Å²) >= 11 is 0. The van der Waals surface area contributed by atoms with Gasteiger partial charge in [-0.05, 0) is 25.2 Å². The van der Waals surface area contributed by atoms with Crippen molar-refractivity contribution < 1.29 is 33.9 Å². The van der Waals surface area contributed by atoms with E-state index in [9.17, 15) is 33.9 Å². The minimum Gasteiger partial charge on any atom is -0.480 e. The molecule has 0 bridgehead atoms. The molecule has 1 heterocycles. The Morgan fingerprint density at radius 2 is 1.43 bits per heavy atom. The number of aliphatic carboxylic acids is 1. The van der Waals surface area contributed by atoms with E-state index in [0.717, 1.165) is 0 Å². The highest BCUT2D eigenvalue weighted by molar-refractivity contribution is 5.94. The summed E-state index contributed by atoms with van der Waals surface area (Å²) in [6, 6.07) is -4.87. The molecule has 0 saturated heterocycles. The standard InChI is InChI=1S/C22H36N8O7/c1-11(2)7-15(29-19(33)13(23)3-5-17(24)31)21(35)28-14(4-6-18(25)32)20(34)30-16(22(36)37)8-12-9-26-10-27-12/h9-11,13-16H,3-8,23H2,1-2H3,(H2,24,31)(H2,25,32)(H,26,27)(H,28,35)(H,29,33)(H,30,34)(H,36,37). The van der Waals surface area contributed by atoms with Crippen molar-refractivity contribution in [2.75, 3.05) is 0 Å². The number of H-pyrrole nitrogens is 1. The predicted molar refractivity (Wildman–Crippen MR) is 130 cm³/mol. The number of amides is 5. The second-order valence-electron chi connectivity index (χ2n) is 9.05. The molecule has 0 aliphatic carbocycles. The average molecular weight is 525 g/mol. The first kappa shape index (κ1) is 31.0. The smallest absolute Gasteiger partial charge is 0.326 e. The molecule has 0 spiro atoms. The lowest BCUT2D eigenvalue weighted by atomic mass is 10.0. The minimum atomic E-state index is -1.35. The second-order valence-corrected chi connectivity index (χ2v) is 9.05. The summed E-state index contributed by atoms with van der Waals surface area (Å²) in [6.45, 7) is 3.62. The summed E-state index contributed by atoms with van der Waals surface area (Å²) in [5.41, 5.74) is 16.5. The molecule has 1 aromatic heterocycles. The van der Waals surface area contributed by atoms with E-state index < -0.39 is 59.7 Å². The van der Waals surface area contributed by atoms with E-state index in [1.807, 2.05) is 13.8 Å². The minimum absolute atomic E-state index is 0.0201. The van der Waals surface area contributed by atoms with E-state index in [2.05, 4.69) is 25.9 Å². The number of nitrogens with one attached hydrogen (secondary N) is 4. The van der Waals surface area contributed by atoms with Crippen LogP contribution in [0.5, 0.6) is 0 Å². The molecule has 15 heteroatoms. The van der Waals surface area contributed by atoms with Gasteiger partial charge in [0.05, 0.1) is 12.4 Å². The average Bonchev–Trinajstić information content (AvgIpc) is 3.31. The number of nitrogens with zero attached hydrogens (tertiary/aromatic N) is 1. The monoisotopic (exact) mass is 524 g/mol.